The summed E-state index contributed by atoms with van der Waals surface area (Å²) in [4.78, 5) is 16.0. The first-order chi connectivity index (χ1) is 15.1. The zero-order valence-corrected chi connectivity index (χ0v) is 19.0. The van der Waals surface area contributed by atoms with Crippen LogP contribution >= 0.6 is 0 Å². The Hall–Kier alpha value is -3.14. The van der Waals surface area contributed by atoms with E-state index < -0.39 is 0 Å². The minimum atomic E-state index is 0.888. The molecule has 2 aromatic heterocycles. The molecule has 0 bridgehead atoms. The Bertz CT molecular complexity index is 1050. The van der Waals surface area contributed by atoms with Crippen molar-refractivity contribution < 1.29 is 0 Å². The number of hydrogen-bond acceptors (Lipinski definition) is 2. The number of aromatic nitrogens is 2. The highest BCUT2D eigenvalue weighted by Gasteiger charge is 2.14. The van der Waals surface area contributed by atoms with Crippen molar-refractivity contribution in [2.24, 2.45) is 9.98 Å². The van der Waals surface area contributed by atoms with Gasteiger partial charge in [-0.25, -0.2) is 0 Å². The smallest absolute Gasteiger partial charge is 0.0685 e. The molecule has 0 atom stereocenters. The van der Waals surface area contributed by atoms with Crippen LogP contribution in [0.4, 0.5) is 0 Å². The van der Waals surface area contributed by atoms with Crippen LogP contribution in [0.15, 0.2) is 68.2 Å². The van der Waals surface area contributed by atoms with E-state index in [1.165, 1.54) is 33.4 Å². The quantitative estimate of drug-likeness (QED) is 0.468. The van der Waals surface area contributed by atoms with Crippen LogP contribution in [0.1, 0.15) is 75.9 Å². The van der Waals surface area contributed by atoms with Crippen LogP contribution in [0.3, 0.4) is 0 Å². The van der Waals surface area contributed by atoms with Crippen molar-refractivity contribution in [1.29, 1.82) is 0 Å². The summed E-state index contributed by atoms with van der Waals surface area (Å²) in [5.74, 6) is 0. The van der Waals surface area contributed by atoms with Gasteiger partial charge in [0.25, 0.3) is 0 Å². The van der Waals surface area contributed by atoms with Crippen LogP contribution < -0.4 is 0 Å². The van der Waals surface area contributed by atoms with E-state index in [-0.39, 0.29) is 0 Å². The predicted octanol–water partition coefficient (Wildman–Crippen LogP) is 7.02. The maximum atomic E-state index is 4.62. The first-order valence-electron chi connectivity index (χ1n) is 11.5. The van der Waals surface area contributed by atoms with Gasteiger partial charge in [-0.15, -0.1) is 0 Å². The number of aliphatic imine (C=N–C) groups is 2. The minimum Gasteiger partial charge on any atom is -0.361 e. The summed E-state index contributed by atoms with van der Waals surface area (Å²) in [5, 5.41) is 0. The Labute approximate surface area is 185 Å². The van der Waals surface area contributed by atoms with Crippen molar-refractivity contribution in [3.05, 3.63) is 80.7 Å². The van der Waals surface area contributed by atoms with Crippen LogP contribution in [0.25, 0.3) is 12.2 Å². The van der Waals surface area contributed by atoms with Crippen molar-refractivity contribution in [1.82, 2.24) is 9.97 Å². The largest absolute Gasteiger partial charge is 0.361 e. The van der Waals surface area contributed by atoms with Gasteiger partial charge in [-0.05, 0) is 83.4 Å². The molecule has 0 amide bonds. The molecule has 4 heteroatoms. The van der Waals surface area contributed by atoms with Crippen molar-refractivity contribution in [2.45, 2.75) is 59.8 Å². The Morgan fingerprint density at radius 3 is 1.52 bits per heavy atom. The van der Waals surface area contributed by atoms with Gasteiger partial charge in [0.1, 0.15) is 0 Å². The molecule has 2 N–H and O–H groups in total. The molecular formula is C27H32N4. The van der Waals surface area contributed by atoms with Crippen LogP contribution in [0, 0.1) is 0 Å². The summed E-state index contributed by atoms with van der Waals surface area (Å²) < 4.78 is 0. The Kier molecular flexibility index (Phi) is 6.36. The Balaban J connectivity index is 1.47. The van der Waals surface area contributed by atoms with Crippen molar-refractivity contribution in [3.63, 3.8) is 0 Å². The number of allylic oxidation sites excluding steroid dienone is 4. The van der Waals surface area contributed by atoms with E-state index >= 15 is 0 Å². The predicted molar refractivity (Wildman–Crippen MR) is 133 cm³/mol. The molecule has 0 fully saturated rings. The fourth-order valence-electron chi connectivity index (χ4n) is 4.43. The van der Waals surface area contributed by atoms with Crippen molar-refractivity contribution in [3.8, 4) is 0 Å². The monoisotopic (exact) mass is 412 g/mol. The first-order valence-corrected chi connectivity index (χ1v) is 11.5. The molecule has 4 nitrogen and oxygen atoms in total. The molecule has 0 aromatic carbocycles. The Morgan fingerprint density at radius 2 is 1.13 bits per heavy atom. The normalized spacial score (nSPS) is 18.6. The lowest BCUT2D eigenvalue weighted by Gasteiger charge is -2.02. The van der Waals surface area contributed by atoms with Crippen LogP contribution in [0.2, 0.25) is 0 Å². The second kappa shape index (κ2) is 9.34. The van der Waals surface area contributed by atoms with E-state index in [0.29, 0.717) is 0 Å². The zero-order valence-electron chi connectivity index (χ0n) is 19.0. The van der Waals surface area contributed by atoms with Gasteiger partial charge in [-0.1, -0.05) is 27.7 Å². The maximum Gasteiger partial charge on any atom is 0.0685 e. The summed E-state index contributed by atoms with van der Waals surface area (Å²) in [6.07, 6.45) is 17.5. The summed E-state index contributed by atoms with van der Waals surface area (Å²) in [5.41, 5.74) is 12.4. The lowest BCUT2D eigenvalue weighted by atomic mass is 10.0. The van der Waals surface area contributed by atoms with E-state index in [9.17, 15) is 0 Å². The maximum absolute atomic E-state index is 4.62. The van der Waals surface area contributed by atoms with Crippen molar-refractivity contribution in [2.75, 3.05) is 0 Å². The second-order valence-electron chi connectivity index (χ2n) is 8.10. The molecular weight excluding hydrogens is 380 g/mol. The lowest BCUT2D eigenvalue weighted by molar-refractivity contribution is 1.06. The molecule has 160 valence electrons. The molecule has 0 saturated heterocycles. The highest BCUT2D eigenvalue weighted by molar-refractivity contribution is 5.88. The van der Waals surface area contributed by atoms with Gasteiger partial charge < -0.3 is 9.97 Å². The molecule has 2 aromatic rings. The highest BCUT2D eigenvalue weighted by atomic mass is 14.8. The number of H-pyrrole nitrogens is 2. The SMILES string of the molecule is CCC1=C(CC)C(=Cc2cc(Cc3c[nH]c(/C=C4\N=CC(CC)=C4CC)c3)c[nH]2)N=C1. The van der Waals surface area contributed by atoms with Gasteiger partial charge in [0.05, 0.1) is 11.4 Å². The van der Waals surface area contributed by atoms with Crippen LogP contribution in [0.5, 0.6) is 0 Å². The number of aromatic amines is 2. The third-order valence-corrected chi connectivity index (χ3v) is 6.10. The molecule has 0 aliphatic carbocycles. The van der Waals surface area contributed by atoms with Crippen molar-refractivity contribution >= 4 is 24.6 Å². The second-order valence-corrected chi connectivity index (χ2v) is 8.10. The van der Waals surface area contributed by atoms with Crippen LogP contribution in [-0.2, 0) is 6.42 Å². The average Bonchev–Trinajstić information content (AvgIpc) is 3.56. The summed E-state index contributed by atoms with van der Waals surface area (Å²) in [7, 11) is 0. The standard InChI is InChI=1S/C27H32N4/c1-5-20-16-30-26(24(20)7-3)12-22-10-18(14-28-22)9-19-11-23(29-15-19)13-27-25(8-4)21(6-2)17-31-27/h10-17,28-29H,5-9H2,1-4H3/b26-12-,27-13?. The van der Waals surface area contributed by atoms with Crippen LogP contribution in [-0.4, -0.2) is 22.4 Å². The average molecular weight is 413 g/mol. The fourth-order valence-corrected chi connectivity index (χ4v) is 4.43. The third-order valence-electron chi connectivity index (χ3n) is 6.10. The molecule has 0 unspecified atom stereocenters. The molecule has 0 radical (unpaired) electrons. The van der Waals surface area contributed by atoms with E-state index in [2.05, 4.69) is 84.3 Å². The van der Waals surface area contributed by atoms with E-state index in [1.54, 1.807) is 0 Å². The minimum absolute atomic E-state index is 0.888. The molecule has 4 heterocycles. The number of nitrogens with zero attached hydrogens (tertiary/aromatic N) is 2. The summed E-state index contributed by atoms with van der Waals surface area (Å²) >= 11 is 0. The van der Waals surface area contributed by atoms with Gasteiger partial charge >= 0.3 is 0 Å². The topological polar surface area (TPSA) is 56.3 Å². The number of hydrogen-bond donors (Lipinski definition) is 2. The van der Waals surface area contributed by atoms with Gasteiger partial charge in [0.2, 0.25) is 0 Å². The molecule has 31 heavy (non-hydrogen) atoms. The first kappa shape index (κ1) is 21.1. The molecule has 0 spiro atoms. The third kappa shape index (κ3) is 4.48. The number of rotatable bonds is 8. The molecule has 0 saturated carbocycles. The molecule has 2 aliphatic rings. The molecule has 4 rings (SSSR count). The molecule has 2 aliphatic heterocycles. The zero-order chi connectivity index (χ0) is 21.8. The van der Waals surface area contributed by atoms with Gasteiger partial charge in [-0.2, -0.15) is 0 Å². The van der Waals surface area contributed by atoms with E-state index in [4.69, 9.17) is 0 Å². The van der Waals surface area contributed by atoms with E-state index in [1.807, 2.05) is 12.4 Å². The van der Waals surface area contributed by atoms with E-state index in [0.717, 1.165) is 54.9 Å². The fraction of sp³-hybridized carbons (Fsp3) is 0.333. The lowest BCUT2D eigenvalue weighted by Crippen LogP contribution is -1.86. The Morgan fingerprint density at radius 1 is 0.677 bits per heavy atom. The number of nitrogens with one attached hydrogen (secondary N) is 2. The van der Waals surface area contributed by atoms with Gasteiger partial charge in [0.15, 0.2) is 0 Å². The summed E-state index contributed by atoms with van der Waals surface area (Å²) in [6, 6.07) is 4.44. The van der Waals surface area contributed by atoms with Gasteiger partial charge in [-0.3, -0.25) is 9.98 Å². The highest BCUT2D eigenvalue weighted by Crippen LogP contribution is 2.29. The summed E-state index contributed by atoms with van der Waals surface area (Å²) in [6.45, 7) is 8.78. The van der Waals surface area contributed by atoms with Gasteiger partial charge in [0, 0.05) is 42.6 Å².